The standard InChI is InChI=1S/C31H30F4N6O4/c1-39-28(44)30(41(29(39)45)17-18-5-8-23-24(15-18)37-12-11-36-23)9-13-40(14-10-30)27(43)25(19-3-2-4-19)38-26(42)21-16-20(31(33,34)35)6-7-22(21)32/h5-8,11-12,15-16,19,25H,2-4,9-10,13-14,17H2,1H3,(H,38,42)/t25-/m1/s1. The zero-order valence-electron chi connectivity index (χ0n) is 24.3. The van der Waals surface area contributed by atoms with Gasteiger partial charge in [-0.05, 0) is 67.5 Å². The number of amides is 5. The number of rotatable bonds is 6. The number of likely N-dealkylation sites (N-methyl/N-ethyl adjacent to an activating group) is 1. The molecular formula is C31H30F4N6O4. The van der Waals surface area contributed by atoms with Crippen molar-refractivity contribution >= 4 is 34.8 Å². The lowest BCUT2D eigenvalue weighted by Gasteiger charge is -2.44. The number of aromatic nitrogens is 2. The summed E-state index contributed by atoms with van der Waals surface area (Å²) in [5.41, 5.74) is -1.07. The minimum absolute atomic E-state index is 0.0996. The highest BCUT2D eigenvalue weighted by molar-refractivity contribution is 6.07. The molecule has 3 fully saturated rings. The highest BCUT2D eigenvalue weighted by Gasteiger charge is 2.57. The van der Waals surface area contributed by atoms with Crippen LogP contribution in [0.25, 0.3) is 11.0 Å². The monoisotopic (exact) mass is 626 g/mol. The van der Waals surface area contributed by atoms with Crippen LogP contribution < -0.4 is 5.32 Å². The second-order valence-electron chi connectivity index (χ2n) is 11.8. The number of likely N-dealkylation sites (tertiary alicyclic amines) is 1. The van der Waals surface area contributed by atoms with Crippen molar-refractivity contribution in [2.24, 2.45) is 5.92 Å². The molecule has 3 aromatic rings. The van der Waals surface area contributed by atoms with Gasteiger partial charge in [0.2, 0.25) is 5.91 Å². The molecule has 3 aliphatic rings. The maximum Gasteiger partial charge on any atom is 0.416 e. The summed E-state index contributed by atoms with van der Waals surface area (Å²) in [6, 6.07) is 5.45. The van der Waals surface area contributed by atoms with E-state index < -0.39 is 52.5 Å². The molecule has 1 aliphatic carbocycles. The van der Waals surface area contributed by atoms with Crippen LogP contribution in [0.1, 0.15) is 53.6 Å². The largest absolute Gasteiger partial charge is 0.416 e. The minimum atomic E-state index is -4.78. The third-order valence-electron chi connectivity index (χ3n) is 9.23. The van der Waals surface area contributed by atoms with Gasteiger partial charge in [-0.25, -0.2) is 9.18 Å². The Balaban J connectivity index is 1.19. The van der Waals surface area contributed by atoms with E-state index in [2.05, 4.69) is 15.3 Å². The van der Waals surface area contributed by atoms with E-state index in [0.717, 1.165) is 16.9 Å². The van der Waals surface area contributed by atoms with Gasteiger partial charge in [-0.3, -0.25) is 29.3 Å². The molecule has 0 unspecified atom stereocenters. The van der Waals surface area contributed by atoms with Gasteiger partial charge in [0.15, 0.2) is 0 Å². The molecule has 1 aromatic heterocycles. The number of carbonyl (C=O) groups excluding carboxylic acids is 4. The first-order valence-corrected chi connectivity index (χ1v) is 14.6. The van der Waals surface area contributed by atoms with Crippen molar-refractivity contribution < 1.29 is 36.7 Å². The van der Waals surface area contributed by atoms with Gasteiger partial charge in [0, 0.05) is 39.1 Å². The third kappa shape index (κ3) is 5.46. The first-order chi connectivity index (χ1) is 21.4. The fraction of sp³-hybridized carbons (Fsp3) is 0.419. The fourth-order valence-corrected chi connectivity index (χ4v) is 6.41. The number of fused-ring (bicyclic) bond motifs is 1. The van der Waals surface area contributed by atoms with E-state index in [1.54, 1.807) is 18.5 Å². The lowest BCUT2D eigenvalue weighted by Crippen LogP contribution is -2.60. The Hall–Kier alpha value is -4.62. The second kappa shape index (κ2) is 11.4. The molecule has 1 saturated carbocycles. The quantitative estimate of drug-likeness (QED) is 0.325. The number of imide groups is 1. The Labute approximate surface area is 255 Å². The van der Waals surface area contributed by atoms with E-state index in [1.165, 1.54) is 16.8 Å². The molecule has 1 atom stereocenters. The smallest absolute Gasteiger partial charge is 0.341 e. The summed E-state index contributed by atoms with van der Waals surface area (Å²) >= 11 is 0. The van der Waals surface area contributed by atoms with Gasteiger partial charge in [0.25, 0.3) is 11.8 Å². The molecule has 0 radical (unpaired) electrons. The predicted octanol–water partition coefficient (Wildman–Crippen LogP) is 4.14. The van der Waals surface area contributed by atoms with E-state index in [1.807, 2.05) is 12.1 Å². The van der Waals surface area contributed by atoms with Gasteiger partial charge < -0.3 is 15.1 Å². The van der Waals surface area contributed by atoms with Crippen LogP contribution in [-0.2, 0) is 22.3 Å². The molecule has 6 rings (SSSR count). The van der Waals surface area contributed by atoms with Crippen LogP contribution in [0.2, 0.25) is 0 Å². The van der Waals surface area contributed by atoms with Crippen LogP contribution in [0.3, 0.4) is 0 Å². The second-order valence-corrected chi connectivity index (χ2v) is 11.8. The number of urea groups is 1. The lowest BCUT2D eigenvalue weighted by atomic mass is 9.78. The average Bonchev–Trinajstić information content (AvgIpc) is 3.15. The Kier molecular flexibility index (Phi) is 7.69. The summed E-state index contributed by atoms with van der Waals surface area (Å²) in [6.45, 7) is 0.337. The zero-order valence-corrected chi connectivity index (χ0v) is 24.3. The molecular weight excluding hydrogens is 596 g/mol. The van der Waals surface area contributed by atoms with Crippen molar-refractivity contribution in [1.29, 1.82) is 0 Å². The van der Waals surface area contributed by atoms with Gasteiger partial charge in [0.1, 0.15) is 17.4 Å². The Bertz CT molecular complexity index is 1690. The normalized spacial score (nSPS) is 19.3. The summed E-state index contributed by atoms with van der Waals surface area (Å²) in [7, 11) is 1.42. The molecule has 2 saturated heterocycles. The van der Waals surface area contributed by atoms with Gasteiger partial charge in [-0.15, -0.1) is 0 Å². The zero-order chi connectivity index (χ0) is 32.1. The predicted molar refractivity (Wildman–Crippen MR) is 152 cm³/mol. The van der Waals surface area contributed by atoms with Crippen LogP contribution in [0.4, 0.5) is 22.4 Å². The molecule has 0 bridgehead atoms. The van der Waals surface area contributed by atoms with Crippen molar-refractivity contribution in [2.75, 3.05) is 20.1 Å². The molecule has 45 heavy (non-hydrogen) atoms. The number of nitrogens with zero attached hydrogens (tertiary/aromatic N) is 5. The topological polar surface area (TPSA) is 116 Å². The number of benzene rings is 2. The number of piperidine rings is 1. The first-order valence-electron chi connectivity index (χ1n) is 14.6. The number of hydrogen-bond acceptors (Lipinski definition) is 6. The first kappa shape index (κ1) is 30.4. The highest BCUT2D eigenvalue weighted by atomic mass is 19.4. The van der Waals surface area contributed by atoms with Gasteiger partial charge in [-0.1, -0.05) is 12.5 Å². The van der Waals surface area contributed by atoms with Crippen molar-refractivity contribution in [3.05, 3.63) is 71.3 Å². The van der Waals surface area contributed by atoms with E-state index in [-0.39, 0.29) is 44.3 Å². The number of halogens is 4. The Morgan fingerprint density at radius 2 is 1.71 bits per heavy atom. The van der Waals surface area contributed by atoms with Crippen LogP contribution in [0, 0.1) is 11.7 Å². The third-order valence-corrected chi connectivity index (χ3v) is 9.23. The van der Waals surface area contributed by atoms with Crippen molar-refractivity contribution in [3.8, 4) is 0 Å². The Morgan fingerprint density at radius 3 is 2.36 bits per heavy atom. The summed E-state index contributed by atoms with van der Waals surface area (Å²) in [6.07, 6.45) is 0.691. The summed E-state index contributed by atoms with van der Waals surface area (Å²) in [4.78, 5) is 66.2. The molecule has 2 aromatic carbocycles. The highest BCUT2D eigenvalue weighted by Crippen LogP contribution is 2.39. The molecule has 14 heteroatoms. The van der Waals surface area contributed by atoms with Crippen molar-refractivity contribution in [2.45, 2.75) is 56.4 Å². The number of hydrogen-bond donors (Lipinski definition) is 1. The van der Waals surface area contributed by atoms with E-state index in [4.69, 9.17) is 0 Å². The van der Waals surface area contributed by atoms with E-state index in [0.29, 0.717) is 42.1 Å². The van der Waals surface area contributed by atoms with Crippen LogP contribution in [0.5, 0.6) is 0 Å². The number of alkyl halides is 3. The van der Waals surface area contributed by atoms with Crippen LogP contribution in [0.15, 0.2) is 48.8 Å². The molecule has 10 nitrogen and oxygen atoms in total. The molecule has 1 N–H and O–H groups in total. The number of carbonyl (C=O) groups is 4. The van der Waals surface area contributed by atoms with Crippen LogP contribution in [-0.4, -0.2) is 80.1 Å². The number of nitrogens with one attached hydrogen (secondary N) is 1. The lowest BCUT2D eigenvalue weighted by molar-refractivity contribution is -0.143. The van der Waals surface area contributed by atoms with Gasteiger partial charge >= 0.3 is 12.2 Å². The molecule has 1 spiro atoms. The van der Waals surface area contributed by atoms with Crippen LogP contribution >= 0.6 is 0 Å². The maximum absolute atomic E-state index is 14.5. The molecule has 5 amide bonds. The van der Waals surface area contributed by atoms with Crippen molar-refractivity contribution in [3.63, 3.8) is 0 Å². The fourth-order valence-electron chi connectivity index (χ4n) is 6.41. The average molecular weight is 627 g/mol. The summed E-state index contributed by atoms with van der Waals surface area (Å²) in [5, 5.41) is 2.50. The Morgan fingerprint density at radius 1 is 1.02 bits per heavy atom. The SMILES string of the molecule is CN1C(=O)N(Cc2ccc3nccnc3c2)C2(CCN(C(=O)[C@H](NC(=O)c3cc(C(F)(F)F)ccc3F)C3CCC3)CC2)C1=O. The maximum atomic E-state index is 14.5. The van der Waals surface area contributed by atoms with Gasteiger partial charge in [0.05, 0.1) is 22.2 Å². The minimum Gasteiger partial charge on any atom is -0.341 e. The molecule has 3 heterocycles. The van der Waals surface area contributed by atoms with E-state index >= 15 is 0 Å². The molecule has 236 valence electrons. The summed E-state index contributed by atoms with van der Waals surface area (Å²) in [5.74, 6) is -3.34. The van der Waals surface area contributed by atoms with Gasteiger partial charge in [-0.2, -0.15) is 13.2 Å². The molecule has 2 aliphatic heterocycles. The summed E-state index contributed by atoms with van der Waals surface area (Å²) < 4.78 is 54.1. The van der Waals surface area contributed by atoms with Crippen molar-refractivity contribution in [1.82, 2.24) is 30.0 Å². The van der Waals surface area contributed by atoms with E-state index in [9.17, 15) is 36.7 Å².